The summed E-state index contributed by atoms with van der Waals surface area (Å²) in [6.45, 7) is 6.32. The highest BCUT2D eigenvalue weighted by molar-refractivity contribution is 5.99. The van der Waals surface area contributed by atoms with Crippen LogP contribution in [0.4, 0.5) is 0 Å². The molecule has 0 saturated carbocycles. The van der Waals surface area contributed by atoms with Crippen molar-refractivity contribution in [2.45, 2.75) is 39.2 Å². The molecule has 0 saturated heterocycles. The summed E-state index contributed by atoms with van der Waals surface area (Å²) in [4.78, 5) is 28.6. The van der Waals surface area contributed by atoms with Crippen molar-refractivity contribution in [3.05, 3.63) is 75.6 Å². The highest BCUT2D eigenvalue weighted by Gasteiger charge is 2.42. The van der Waals surface area contributed by atoms with Crippen LogP contribution in [0.15, 0.2) is 57.7 Å². The third-order valence-electron chi connectivity index (χ3n) is 5.71. The molecule has 0 fully saturated rings. The number of amides is 1. The first-order valence-electron chi connectivity index (χ1n) is 11.3. The number of benzene rings is 2. The molecule has 4 rings (SSSR count). The number of carbonyl (C=O) groups is 1. The molecule has 32 heavy (non-hydrogen) atoms. The second kappa shape index (κ2) is 10.0. The fraction of sp³-hybridized carbons (Fsp3) is 0.385. The predicted molar refractivity (Wildman–Crippen MR) is 123 cm³/mol. The monoisotopic (exact) mass is 435 g/mol. The van der Waals surface area contributed by atoms with Crippen molar-refractivity contribution in [1.29, 1.82) is 0 Å². The number of ether oxygens (including phenoxy) is 2. The molecule has 0 N–H and O–H groups in total. The lowest BCUT2D eigenvalue weighted by Crippen LogP contribution is -2.31. The highest BCUT2D eigenvalue weighted by Crippen LogP contribution is 2.39. The van der Waals surface area contributed by atoms with E-state index in [9.17, 15) is 9.59 Å². The maximum Gasteiger partial charge on any atom is 0.290 e. The normalized spacial score (nSPS) is 15.4. The first-order chi connectivity index (χ1) is 15.7. The van der Waals surface area contributed by atoms with Gasteiger partial charge in [0.1, 0.15) is 11.3 Å². The standard InChI is InChI=1S/C26H29NO5/c1-3-5-16-31-19-11-8-10-18(17-19)23-22-24(28)20-12-6-7-13-21(20)32-25(22)26(29)27(23)14-9-15-30-4-2/h6-8,10-13,17,23H,3-5,9,14-16H2,1-2H3. The van der Waals surface area contributed by atoms with Gasteiger partial charge in [0.05, 0.1) is 23.6 Å². The maximum atomic E-state index is 13.5. The Labute approximate surface area is 187 Å². The van der Waals surface area contributed by atoms with E-state index in [2.05, 4.69) is 6.92 Å². The number of carbonyl (C=O) groups excluding carboxylic acids is 1. The molecule has 1 aromatic heterocycles. The Kier molecular flexibility index (Phi) is 6.90. The lowest BCUT2D eigenvalue weighted by molar-refractivity contribution is 0.0695. The van der Waals surface area contributed by atoms with E-state index in [1.807, 2.05) is 31.2 Å². The Balaban J connectivity index is 1.77. The predicted octanol–water partition coefficient (Wildman–Crippen LogP) is 4.94. The van der Waals surface area contributed by atoms with Gasteiger partial charge in [-0.05, 0) is 49.6 Å². The molecule has 1 unspecified atom stereocenters. The van der Waals surface area contributed by atoms with Crippen molar-refractivity contribution in [2.75, 3.05) is 26.4 Å². The number of hydrogen-bond acceptors (Lipinski definition) is 5. The maximum absolute atomic E-state index is 13.5. The fourth-order valence-corrected chi connectivity index (χ4v) is 4.13. The number of fused-ring (bicyclic) bond motifs is 2. The Morgan fingerprint density at radius 2 is 1.84 bits per heavy atom. The molecule has 6 nitrogen and oxygen atoms in total. The van der Waals surface area contributed by atoms with Gasteiger partial charge in [0, 0.05) is 19.8 Å². The molecule has 168 valence electrons. The lowest BCUT2D eigenvalue weighted by Gasteiger charge is -2.25. The first kappa shape index (κ1) is 22.1. The van der Waals surface area contributed by atoms with Crippen molar-refractivity contribution in [3.8, 4) is 5.75 Å². The largest absolute Gasteiger partial charge is 0.494 e. The van der Waals surface area contributed by atoms with Crippen LogP contribution in [0.3, 0.4) is 0 Å². The van der Waals surface area contributed by atoms with E-state index in [0.717, 1.165) is 24.2 Å². The van der Waals surface area contributed by atoms with Crippen molar-refractivity contribution >= 4 is 16.9 Å². The number of para-hydroxylation sites is 1. The number of hydrogen-bond donors (Lipinski definition) is 0. The van der Waals surface area contributed by atoms with Gasteiger partial charge in [-0.25, -0.2) is 0 Å². The van der Waals surface area contributed by atoms with E-state index in [1.165, 1.54) is 0 Å². The van der Waals surface area contributed by atoms with Crippen LogP contribution in [0.1, 0.15) is 60.8 Å². The van der Waals surface area contributed by atoms with E-state index < -0.39 is 6.04 Å². The van der Waals surface area contributed by atoms with Crippen LogP contribution in [0, 0.1) is 0 Å². The van der Waals surface area contributed by atoms with Crippen LogP contribution in [0.5, 0.6) is 5.75 Å². The first-order valence-corrected chi connectivity index (χ1v) is 11.3. The molecule has 1 atom stereocenters. The van der Waals surface area contributed by atoms with Gasteiger partial charge in [-0.15, -0.1) is 0 Å². The molecule has 0 spiro atoms. The average Bonchev–Trinajstić information content (AvgIpc) is 3.09. The Morgan fingerprint density at radius 1 is 1.00 bits per heavy atom. The van der Waals surface area contributed by atoms with Crippen molar-refractivity contribution in [3.63, 3.8) is 0 Å². The molecule has 2 aromatic carbocycles. The molecular weight excluding hydrogens is 406 g/mol. The zero-order valence-corrected chi connectivity index (χ0v) is 18.6. The van der Waals surface area contributed by atoms with Crippen LogP contribution in [-0.2, 0) is 4.74 Å². The quantitative estimate of drug-likeness (QED) is 0.422. The topological polar surface area (TPSA) is 69.0 Å². The molecule has 1 amide bonds. The molecule has 2 heterocycles. The SMILES string of the molecule is CCCCOc1cccc(C2c3c(oc4ccccc4c3=O)C(=O)N2CCCOCC)c1. The van der Waals surface area contributed by atoms with Crippen LogP contribution >= 0.6 is 0 Å². The van der Waals surface area contributed by atoms with E-state index >= 15 is 0 Å². The molecular formula is C26H29NO5. The lowest BCUT2D eigenvalue weighted by atomic mass is 9.98. The third-order valence-corrected chi connectivity index (χ3v) is 5.71. The molecule has 0 aliphatic carbocycles. The van der Waals surface area contributed by atoms with Gasteiger partial charge in [0.2, 0.25) is 5.76 Å². The van der Waals surface area contributed by atoms with E-state index in [4.69, 9.17) is 13.9 Å². The summed E-state index contributed by atoms with van der Waals surface area (Å²) in [5.74, 6) is 0.602. The van der Waals surface area contributed by atoms with Crippen molar-refractivity contribution in [1.82, 2.24) is 4.90 Å². The van der Waals surface area contributed by atoms with E-state index in [1.54, 1.807) is 29.2 Å². The van der Waals surface area contributed by atoms with Crippen LogP contribution < -0.4 is 10.2 Å². The van der Waals surface area contributed by atoms with Gasteiger partial charge >= 0.3 is 0 Å². The zero-order chi connectivity index (χ0) is 22.5. The molecule has 3 aromatic rings. The molecule has 0 bridgehead atoms. The molecule has 1 aliphatic rings. The average molecular weight is 436 g/mol. The van der Waals surface area contributed by atoms with Gasteiger partial charge in [-0.1, -0.05) is 37.6 Å². The van der Waals surface area contributed by atoms with Crippen LogP contribution in [0.25, 0.3) is 11.0 Å². The van der Waals surface area contributed by atoms with Crippen molar-refractivity contribution in [2.24, 2.45) is 0 Å². The second-order valence-corrected chi connectivity index (χ2v) is 7.90. The minimum atomic E-state index is -0.519. The second-order valence-electron chi connectivity index (χ2n) is 7.90. The summed E-state index contributed by atoms with van der Waals surface area (Å²) in [7, 11) is 0. The van der Waals surface area contributed by atoms with Gasteiger partial charge in [0.25, 0.3) is 5.91 Å². The summed E-state index contributed by atoms with van der Waals surface area (Å²) < 4.78 is 17.3. The van der Waals surface area contributed by atoms with Gasteiger partial charge < -0.3 is 18.8 Å². The molecule has 6 heteroatoms. The minimum Gasteiger partial charge on any atom is -0.494 e. The van der Waals surface area contributed by atoms with Crippen LogP contribution in [-0.4, -0.2) is 37.2 Å². The summed E-state index contributed by atoms with van der Waals surface area (Å²) in [6.07, 6.45) is 2.69. The zero-order valence-electron chi connectivity index (χ0n) is 18.6. The smallest absolute Gasteiger partial charge is 0.290 e. The number of unbranched alkanes of at least 4 members (excludes halogenated alkanes) is 1. The number of rotatable bonds is 10. The third kappa shape index (κ3) is 4.28. The van der Waals surface area contributed by atoms with E-state index in [-0.39, 0.29) is 17.1 Å². The minimum absolute atomic E-state index is 0.132. The van der Waals surface area contributed by atoms with Crippen molar-refractivity contribution < 1.29 is 18.7 Å². The fourth-order valence-electron chi connectivity index (χ4n) is 4.13. The summed E-state index contributed by atoms with van der Waals surface area (Å²) >= 11 is 0. The van der Waals surface area contributed by atoms with Crippen LogP contribution in [0.2, 0.25) is 0 Å². The number of nitrogens with zero attached hydrogens (tertiary/aromatic N) is 1. The van der Waals surface area contributed by atoms with Gasteiger partial charge in [-0.3, -0.25) is 9.59 Å². The van der Waals surface area contributed by atoms with E-state index in [0.29, 0.717) is 49.3 Å². The Bertz CT molecular complexity index is 1150. The molecule has 1 aliphatic heterocycles. The Hall–Kier alpha value is -3.12. The van der Waals surface area contributed by atoms with Gasteiger partial charge in [-0.2, -0.15) is 0 Å². The summed E-state index contributed by atoms with van der Waals surface area (Å²) in [6, 6.07) is 14.2. The Morgan fingerprint density at radius 3 is 2.66 bits per heavy atom. The summed E-state index contributed by atoms with van der Waals surface area (Å²) in [5.41, 5.74) is 1.50. The molecule has 0 radical (unpaired) electrons. The highest BCUT2D eigenvalue weighted by atomic mass is 16.5. The van der Waals surface area contributed by atoms with Gasteiger partial charge in [0.15, 0.2) is 5.43 Å². The summed E-state index contributed by atoms with van der Waals surface area (Å²) in [5, 5.41) is 0.482.